The molecular formula is C44H88O4. The zero-order chi connectivity index (χ0) is 35.4. The van der Waals surface area contributed by atoms with Crippen LogP contribution in [0.3, 0.4) is 0 Å². The second-order valence-corrected chi connectivity index (χ2v) is 15.0. The summed E-state index contributed by atoms with van der Waals surface area (Å²) in [6.07, 6.45) is 52.2. The van der Waals surface area contributed by atoms with E-state index < -0.39 is 11.9 Å². The Balaban J connectivity index is 0. The molecule has 0 spiro atoms. The molecule has 0 aromatic heterocycles. The first-order valence-corrected chi connectivity index (χ1v) is 22.0. The van der Waals surface area contributed by atoms with Gasteiger partial charge in [-0.15, -0.1) is 0 Å². The minimum atomic E-state index is -0.652. The summed E-state index contributed by atoms with van der Waals surface area (Å²) in [4.78, 5) is 20.8. The lowest BCUT2D eigenvalue weighted by atomic mass is 10.0. The van der Waals surface area contributed by atoms with Crippen molar-refractivity contribution in [2.24, 2.45) is 0 Å². The summed E-state index contributed by atoms with van der Waals surface area (Å²) < 4.78 is 0. The van der Waals surface area contributed by atoms with Crippen molar-refractivity contribution in [2.75, 3.05) is 0 Å². The molecule has 0 radical (unpaired) electrons. The molecule has 0 aliphatic rings. The minimum absolute atomic E-state index is 0.346. The normalized spacial score (nSPS) is 11.0. The van der Waals surface area contributed by atoms with Crippen molar-refractivity contribution in [2.45, 2.75) is 271 Å². The Morgan fingerprint density at radius 2 is 0.375 bits per heavy atom. The molecule has 0 unspecified atom stereocenters. The lowest BCUT2D eigenvalue weighted by molar-refractivity contribution is -0.138. The van der Waals surface area contributed by atoms with Gasteiger partial charge in [0.2, 0.25) is 0 Å². The van der Waals surface area contributed by atoms with Crippen LogP contribution in [0.25, 0.3) is 0 Å². The molecule has 4 heteroatoms. The van der Waals surface area contributed by atoms with Crippen molar-refractivity contribution < 1.29 is 19.8 Å². The minimum Gasteiger partial charge on any atom is -0.481 e. The summed E-state index contributed by atoms with van der Waals surface area (Å²) in [5.74, 6) is -1.30. The van der Waals surface area contributed by atoms with E-state index in [-0.39, 0.29) is 0 Å². The van der Waals surface area contributed by atoms with E-state index >= 15 is 0 Å². The summed E-state index contributed by atoms with van der Waals surface area (Å²) in [5, 5.41) is 17.1. The van der Waals surface area contributed by atoms with Gasteiger partial charge < -0.3 is 10.2 Å². The Labute approximate surface area is 301 Å². The number of unbranched alkanes of at least 4 members (excludes halogenated alkanes) is 36. The monoisotopic (exact) mass is 681 g/mol. The third-order valence-corrected chi connectivity index (χ3v) is 9.99. The predicted octanol–water partition coefficient (Wildman–Crippen LogP) is 15.8. The zero-order valence-electron chi connectivity index (χ0n) is 33.0. The van der Waals surface area contributed by atoms with Gasteiger partial charge in [0.05, 0.1) is 0 Å². The van der Waals surface area contributed by atoms with Gasteiger partial charge in [0, 0.05) is 12.8 Å². The van der Waals surface area contributed by atoms with Gasteiger partial charge in [-0.1, -0.05) is 245 Å². The van der Waals surface area contributed by atoms with Gasteiger partial charge in [0.1, 0.15) is 0 Å². The second-order valence-electron chi connectivity index (χ2n) is 15.0. The first kappa shape index (κ1) is 49.1. The van der Waals surface area contributed by atoms with Crippen LogP contribution in [0.1, 0.15) is 271 Å². The maximum atomic E-state index is 10.4. The Kier molecular flexibility index (Phi) is 46.9. The summed E-state index contributed by atoms with van der Waals surface area (Å²) in [5.41, 5.74) is 0. The van der Waals surface area contributed by atoms with Crippen LogP contribution in [-0.4, -0.2) is 22.2 Å². The lowest BCUT2D eigenvalue weighted by Gasteiger charge is -2.04. The van der Waals surface area contributed by atoms with Crippen molar-refractivity contribution >= 4 is 11.9 Å². The van der Waals surface area contributed by atoms with E-state index in [1.54, 1.807) is 0 Å². The molecule has 0 rings (SSSR count). The third-order valence-electron chi connectivity index (χ3n) is 9.99. The largest absolute Gasteiger partial charge is 0.481 e. The molecule has 0 saturated carbocycles. The number of aliphatic carboxylic acids is 2. The van der Waals surface area contributed by atoms with Crippen molar-refractivity contribution in [3.8, 4) is 0 Å². The molecule has 0 aliphatic heterocycles. The summed E-state index contributed by atoms with van der Waals surface area (Å²) in [6, 6.07) is 0. The maximum Gasteiger partial charge on any atom is 0.303 e. The Hall–Kier alpha value is -1.06. The number of rotatable bonds is 40. The zero-order valence-corrected chi connectivity index (χ0v) is 33.0. The van der Waals surface area contributed by atoms with Gasteiger partial charge in [-0.05, 0) is 12.8 Å². The smallest absolute Gasteiger partial charge is 0.303 e. The fourth-order valence-electron chi connectivity index (χ4n) is 6.71. The molecule has 2 N–H and O–H groups in total. The van der Waals surface area contributed by atoms with Crippen molar-refractivity contribution in [1.82, 2.24) is 0 Å². The molecule has 0 aliphatic carbocycles. The van der Waals surface area contributed by atoms with E-state index in [4.69, 9.17) is 10.2 Å². The van der Waals surface area contributed by atoms with Crippen LogP contribution in [0.15, 0.2) is 0 Å². The van der Waals surface area contributed by atoms with Crippen molar-refractivity contribution in [3.05, 3.63) is 0 Å². The van der Waals surface area contributed by atoms with Crippen LogP contribution >= 0.6 is 0 Å². The SMILES string of the molecule is CCCCCCCCCCCCCCCCCCCC(=O)O.CCCCCCCCCCCCCCCCCCCCCCCC(=O)O. The number of carbonyl (C=O) groups is 2. The van der Waals surface area contributed by atoms with Crippen LogP contribution < -0.4 is 0 Å². The fraction of sp³-hybridized carbons (Fsp3) is 0.955. The topological polar surface area (TPSA) is 74.6 Å². The van der Waals surface area contributed by atoms with Gasteiger partial charge in [0.25, 0.3) is 0 Å². The fourth-order valence-corrected chi connectivity index (χ4v) is 6.71. The van der Waals surface area contributed by atoms with Crippen LogP contribution in [-0.2, 0) is 9.59 Å². The molecule has 4 nitrogen and oxygen atoms in total. The van der Waals surface area contributed by atoms with E-state index in [2.05, 4.69) is 13.8 Å². The lowest BCUT2D eigenvalue weighted by Crippen LogP contribution is -1.93. The highest BCUT2D eigenvalue weighted by Crippen LogP contribution is 2.16. The standard InChI is InChI=1S/C24H48O2.C20H40O2/c1-2-3-4-5-6-7-8-9-10-11-12-13-14-15-16-17-18-19-20-21-22-23-24(25)26;1-2-3-4-5-6-7-8-9-10-11-12-13-14-15-16-17-18-19-20(21)22/h2-23H2,1H3,(H,25,26);2-19H2,1H3,(H,21,22). The van der Waals surface area contributed by atoms with Crippen molar-refractivity contribution in [3.63, 3.8) is 0 Å². The molecule has 0 atom stereocenters. The molecule has 0 saturated heterocycles. The molecule has 0 aromatic rings. The molecule has 0 fully saturated rings. The van der Waals surface area contributed by atoms with E-state index in [1.807, 2.05) is 0 Å². The first-order valence-electron chi connectivity index (χ1n) is 22.0. The number of carboxylic acid groups (broad SMARTS) is 2. The summed E-state index contributed by atoms with van der Waals surface area (Å²) in [7, 11) is 0. The van der Waals surface area contributed by atoms with Gasteiger partial charge in [-0.25, -0.2) is 0 Å². The molecule has 288 valence electrons. The number of hydrogen-bond acceptors (Lipinski definition) is 2. The third kappa shape index (κ3) is 51.8. The Morgan fingerprint density at radius 1 is 0.250 bits per heavy atom. The van der Waals surface area contributed by atoms with E-state index in [0.717, 1.165) is 25.7 Å². The van der Waals surface area contributed by atoms with E-state index in [9.17, 15) is 9.59 Å². The quantitative estimate of drug-likeness (QED) is 0.0632. The first-order chi connectivity index (χ1) is 23.5. The average molecular weight is 681 g/mol. The molecule has 0 aromatic carbocycles. The average Bonchev–Trinajstić information content (AvgIpc) is 3.07. The van der Waals surface area contributed by atoms with Crippen LogP contribution in [0, 0.1) is 0 Å². The van der Waals surface area contributed by atoms with Gasteiger partial charge in [-0.3, -0.25) is 9.59 Å². The molecule has 0 heterocycles. The van der Waals surface area contributed by atoms with E-state index in [1.165, 1.54) is 218 Å². The van der Waals surface area contributed by atoms with E-state index in [0.29, 0.717) is 12.8 Å². The van der Waals surface area contributed by atoms with Crippen LogP contribution in [0.5, 0.6) is 0 Å². The summed E-state index contributed by atoms with van der Waals surface area (Å²) >= 11 is 0. The summed E-state index contributed by atoms with van der Waals surface area (Å²) in [6.45, 7) is 4.56. The van der Waals surface area contributed by atoms with Gasteiger partial charge >= 0.3 is 11.9 Å². The van der Waals surface area contributed by atoms with Crippen molar-refractivity contribution in [1.29, 1.82) is 0 Å². The molecular weight excluding hydrogens is 592 g/mol. The Bertz CT molecular complexity index is 605. The number of carboxylic acids is 2. The molecule has 0 amide bonds. The van der Waals surface area contributed by atoms with Gasteiger partial charge in [-0.2, -0.15) is 0 Å². The van der Waals surface area contributed by atoms with Gasteiger partial charge in [0.15, 0.2) is 0 Å². The van der Waals surface area contributed by atoms with Crippen LogP contribution in [0.2, 0.25) is 0 Å². The highest BCUT2D eigenvalue weighted by Gasteiger charge is 1.99. The second kappa shape index (κ2) is 45.9. The predicted molar refractivity (Wildman–Crippen MR) is 211 cm³/mol. The maximum absolute atomic E-state index is 10.4. The Morgan fingerprint density at radius 3 is 0.500 bits per heavy atom. The highest BCUT2D eigenvalue weighted by molar-refractivity contribution is 5.66. The molecule has 48 heavy (non-hydrogen) atoms. The number of hydrogen-bond donors (Lipinski definition) is 2. The highest BCUT2D eigenvalue weighted by atomic mass is 16.4. The molecule has 0 bridgehead atoms. The van der Waals surface area contributed by atoms with Crippen LogP contribution in [0.4, 0.5) is 0 Å².